The maximum atomic E-state index is 11.9. The van der Waals surface area contributed by atoms with Crippen molar-refractivity contribution in [3.8, 4) is 0 Å². The van der Waals surface area contributed by atoms with E-state index in [2.05, 4.69) is 57.0 Å². The Bertz CT molecular complexity index is 1490. The molecule has 0 aromatic rings. The number of carboxylic acid groups (broad SMARTS) is 2. The number of allylic oxidation sites excluding steroid dienone is 4. The van der Waals surface area contributed by atoms with Crippen LogP contribution in [0.25, 0.3) is 0 Å². The average molecular weight is 695 g/mol. The summed E-state index contributed by atoms with van der Waals surface area (Å²) >= 11 is 0. The van der Waals surface area contributed by atoms with Crippen LogP contribution in [0.4, 0.5) is 0 Å². The molecule has 0 aromatic heterocycles. The van der Waals surface area contributed by atoms with Crippen molar-refractivity contribution in [1.29, 1.82) is 0 Å². The maximum absolute atomic E-state index is 11.9. The van der Waals surface area contributed by atoms with Crippen LogP contribution in [0, 0.1) is 56.2 Å². The summed E-state index contributed by atoms with van der Waals surface area (Å²) in [6, 6.07) is 0. The van der Waals surface area contributed by atoms with Crippen molar-refractivity contribution in [2.45, 2.75) is 124 Å². The molecule has 5 saturated carbocycles. The third kappa shape index (κ3) is 4.73. The molecule has 6 fully saturated rings. The zero-order valence-corrected chi connectivity index (χ0v) is 31.7. The van der Waals surface area contributed by atoms with Gasteiger partial charge in [0.1, 0.15) is 0 Å². The van der Waals surface area contributed by atoms with Crippen LogP contribution in [0.3, 0.4) is 0 Å². The molecule has 7 aliphatic carbocycles. The quantitative estimate of drug-likeness (QED) is 0.245. The Kier molecular flexibility index (Phi) is 7.93. The molecule has 8 aliphatic rings. The van der Waals surface area contributed by atoms with E-state index < -0.39 is 28.2 Å². The summed E-state index contributed by atoms with van der Waals surface area (Å²) in [7, 11) is -0.612. The fourth-order valence-electron chi connectivity index (χ4n) is 15.1. The lowest BCUT2D eigenvalue weighted by Gasteiger charge is -2.72. The van der Waals surface area contributed by atoms with Gasteiger partial charge in [0.15, 0.2) is 5.41 Å². The number of rotatable bonds is 7. The van der Waals surface area contributed by atoms with Gasteiger partial charge >= 0.3 is 11.9 Å². The Hall–Kier alpha value is -1.51. The molecule has 3 N–H and O–H groups in total. The summed E-state index contributed by atoms with van der Waals surface area (Å²) in [4.78, 5) is 26.2. The summed E-state index contributed by atoms with van der Waals surface area (Å²) in [5, 5.41) is 23.6. The Morgan fingerprint density at radius 3 is 2.24 bits per heavy atom. The van der Waals surface area contributed by atoms with Crippen LogP contribution in [-0.4, -0.2) is 74.5 Å². The highest BCUT2D eigenvalue weighted by Crippen LogP contribution is 2.76. The number of carbonyl (C=O) groups is 2. The van der Waals surface area contributed by atoms with Crippen LogP contribution in [-0.2, 0) is 20.4 Å². The lowest BCUT2D eigenvalue weighted by Crippen LogP contribution is -2.67. The minimum atomic E-state index is -1.61. The molecule has 0 aromatic carbocycles. The number of aliphatic carboxylic acids is 2. The number of nitrogens with one attached hydrogen (secondary N) is 1. The highest BCUT2D eigenvalue weighted by atomic mass is 32.2. The second-order valence-corrected chi connectivity index (χ2v) is 21.4. The van der Waals surface area contributed by atoms with Gasteiger partial charge in [0, 0.05) is 54.0 Å². The van der Waals surface area contributed by atoms with Gasteiger partial charge in [-0.1, -0.05) is 53.2 Å². The SMILES string of the molecule is CC1(C)C(C2=CC3(C2)CC(C(=O)O)(C(=O)O)C3)=CC[C@@]2(C)C1CC[C@]1(C)C2CC[C@@H]2[C@H]3CCCC3(NCCN3CCS(=O)CC3)CC[C@]21C. The van der Waals surface area contributed by atoms with Gasteiger partial charge in [0.05, 0.1) is 0 Å². The highest BCUT2D eigenvalue weighted by molar-refractivity contribution is 7.85. The lowest BCUT2D eigenvalue weighted by molar-refractivity contribution is -0.218. The van der Waals surface area contributed by atoms with E-state index in [1.54, 1.807) is 0 Å². The molecule has 8 atom stereocenters. The van der Waals surface area contributed by atoms with Crippen LogP contribution in [0.5, 0.6) is 0 Å². The van der Waals surface area contributed by atoms with Gasteiger partial charge in [-0.05, 0) is 139 Å². The first-order chi connectivity index (χ1) is 23.0. The first-order valence-corrected chi connectivity index (χ1v) is 21.3. The molecule has 8 rings (SSSR count). The molecule has 272 valence electrons. The van der Waals surface area contributed by atoms with E-state index in [4.69, 9.17) is 0 Å². The summed E-state index contributed by atoms with van der Waals surface area (Å²) in [6.07, 6.45) is 19.3. The standard InChI is InChI=1S/C41H62N2O5S/c1-35(2)28(27-23-39(24-27)25-40(26-39,33(44)45)34(46)47)10-13-36(3)31(35)11-14-38(5)32(36)9-8-29-30-7-6-12-41(30,16-15-37(29,38)4)42-17-18-43-19-21-49(48)22-20-43/h10,23,29-32,42H,6-9,11-22,24-26H2,1-5H3,(H,44,45)(H,46,47)/t29-,30-,31?,32?,36+,37-,38-,41?/m1/s1. The normalized spacial score (nSPS) is 45.0. The van der Waals surface area contributed by atoms with E-state index in [0.29, 0.717) is 28.2 Å². The van der Waals surface area contributed by atoms with Gasteiger partial charge < -0.3 is 20.4 Å². The monoisotopic (exact) mass is 694 g/mol. The molecule has 1 heterocycles. The molecular weight excluding hydrogens is 633 g/mol. The second kappa shape index (κ2) is 11.2. The second-order valence-electron chi connectivity index (χ2n) is 19.7. The van der Waals surface area contributed by atoms with E-state index >= 15 is 0 Å². The summed E-state index contributed by atoms with van der Waals surface area (Å²) in [5.41, 5.74) is 2.27. The highest BCUT2D eigenvalue weighted by Gasteiger charge is 2.70. The van der Waals surface area contributed by atoms with Crippen LogP contribution < -0.4 is 5.32 Å². The summed E-state index contributed by atoms with van der Waals surface area (Å²) < 4.78 is 11.9. The van der Waals surface area contributed by atoms with Crippen molar-refractivity contribution < 1.29 is 24.0 Å². The van der Waals surface area contributed by atoms with Gasteiger partial charge in [0.2, 0.25) is 0 Å². The van der Waals surface area contributed by atoms with E-state index in [-0.39, 0.29) is 29.1 Å². The number of hydrogen-bond acceptors (Lipinski definition) is 5. The smallest absolute Gasteiger partial charge is 0.321 e. The number of fused-ring (bicyclic) bond motifs is 7. The van der Waals surface area contributed by atoms with Gasteiger partial charge in [-0.3, -0.25) is 13.8 Å². The maximum Gasteiger partial charge on any atom is 0.321 e. The van der Waals surface area contributed by atoms with E-state index in [9.17, 15) is 24.0 Å². The summed E-state index contributed by atoms with van der Waals surface area (Å²) in [6.45, 7) is 17.2. The number of carboxylic acids is 2. The lowest BCUT2D eigenvalue weighted by atomic mass is 9.33. The average Bonchev–Trinajstić information content (AvgIpc) is 3.42. The Morgan fingerprint density at radius 2 is 1.57 bits per heavy atom. The molecule has 3 unspecified atom stereocenters. The van der Waals surface area contributed by atoms with Crippen molar-refractivity contribution in [2.75, 3.05) is 37.7 Å². The van der Waals surface area contributed by atoms with Gasteiger partial charge in [0.25, 0.3) is 0 Å². The fourth-order valence-corrected chi connectivity index (χ4v) is 16.2. The first-order valence-electron chi connectivity index (χ1n) is 19.8. The molecule has 49 heavy (non-hydrogen) atoms. The van der Waals surface area contributed by atoms with Crippen molar-refractivity contribution in [1.82, 2.24) is 10.2 Å². The minimum absolute atomic E-state index is 0.0421. The largest absolute Gasteiger partial charge is 0.480 e. The predicted octanol–water partition coefficient (Wildman–Crippen LogP) is 7.05. The predicted molar refractivity (Wildman–Crippen MR) is 193 cm³/mol. The van der Waals surface area contributed by atoms with E-state index in [1.165, 1.54) is 68.9 Å². The summed E-state index contributed by atoms with van der Waals surface area (Å²) in [5.74, 6) is 2.20. The molecule has 7 nitrogen and oxygen atoms in total. The molecule has 8 heteroatoms. The van der Waals surface area contributed by atoms with Crippen LogP contribution >= 0.6 is 0 Å². The van der Waals surface area contributed by atoms with E-state index in [1.807, 2.05) is 0 Å². The van der Waals surface area contributed by atoms with Crippen LogP contribution in [0.2, 0.25) is 0 Å². The van der Waals surface area contributed by atoms with Gasteiger partial charge in [-0.25, -0.2) is 0 Å². The van der Waals surface area contributed by atoms with Crippen LogP contribution in [0.1, 0.15) is 118 Å². The Labute approximate surface area is 297 Å². The minimum Gasteiger partial charge on any atom is -0.480 e. The molecule has 1 aliphatic heterocycles. The van der Waals surface area contributed by atoms with Crippen molar-refractivity contribution in [2.24, 2.45) is 56.2 Å². The van der Waals surface area contributed by atoms with Crippen molar-refractivity contribution in [3.05, 3.63) is 23.3 Å². The zero-order chi connectivity index (χ0) is 34.8. The van der Waals surface area contributed by atoms with Crippen molar-refractivity contribution in [3.63, 3.8) is 0 Å². The van der Waals surface area contributed by atoms with E-state index in [0.717, 1.165) is 62.4 Å². The van der Waals surface area contributed by atoms with Gasteiger partial charge in [-0.2, -0.15) is 0 Å². The zero-order valence-electron chi connectivity index (χ0n) is 30.9. The molecule has 0 bridgehead atoms. The van der Waals surface area contributed by atoms with Crippen molar-refractivity contribution >= 4 is 22.7 Å². The third-order valence-corrected chi connectivity index (χ3v) is 18.9. The molecule has 0 amide bonds. The third-order valence-electron chi connectivity index (χ3n) is 17.6. The Balaban J connectivity index is 0.992. The topological polar surface area (TPSA) is 107 Å². The fraction of sp³-hybridized carbons (Fsp3) is 0.854. The van der Waals surface area contributed by atoms with Gasteiger partial charge in [-0.15, -0.1) is 0 Å². The molecule has 0 radical (unpaired) electrons. The molecular formula is C41H62N2O5S. The number of nitrogens with zero attached hydrogens (tertiary/aromatic N) is 1. The molecule has 1 saturated heterocycles. The van der Waals surface area contributed by atoms with Crippen LogP contribution in [0.15, 0.2) is 23.3 Å². The Morgan fingerprint density at radius 1 is 0.878 bits per heavy atom. The number of hydrogen-bond donors (Lipinski definition) is 3. The first kappa shape index (κ1) is 34.6. The molecule has 1 spiro atoms.